The van der Waals surface area contributed by atoms with Crippen LogP contribution < -0.4 is 5.32 Å². The molecule has 14 nitrogen and oxygen atoms in total. The molecule has 0 aromatic carbocycles. The molecule has 150 valence electrons. The normalized spacial score (nSPS) is 34.7. The second-order valence-electron chi connectivity index (χ2n) is 4.97. The van der Waals surface area contributed by atoms with Crippen molar-refractivity contribution < 1.29 is 62.4 Å². The maximum Gasteiger partial charge on any atom is 0.353 e. The summed E-state index contributed by atoms with van der Waals surface area (Å²) in [7, 11) is -13.9. The summed E-state index contributed by atoms with van der Waals surface area (Å²) < 4.78 is 48.7. The molecule has 8 N–H and O–H groups in total. The van der Waals surface area contributed by atoms with Crippen molar-refractivity contribution in [2.75, 3.05) is 25.6 Å². The van der Waals surface area contributed by atoms with Gasteiger partial charge in [-0.05, 0) is 0 Å². The van der Waals surface area contributed by atoms with E-state index in [1.807, 2.05) is 0 Å². The van der Waals surface area contributed by atoms with E-state index >= 15 is 0 Å². The molecule has 1 heterocycles. The number of hydrogen-bond donors (Lipinski definition) is 8. The molecule has 0 amide bonds. The van der Waals surface area contributed by atoms with Crippen LogP contribution in [-0.4, -0.2) is 85.2 Å². The largest absolute Gasteiger partial charge is 0.384 e. The zero-order valence-corrected chi connectivity index (χ0v) is 15.2. The zero-order chi connectivity index (χ0) is 19.5. The van der Waals surface area contributed by atoms with Gasteiger partial charge >= 0.3 is 22.8 Å². The first-order chi connectivity index (χ1) is 11.4. The van der Waals surface area contributed by atoms with Gasteiger partial charge in [-0.25, -0.2) is 0 Å². The number of piperidine rings is 1. The minimum Gasteiger partial charge on any atom is -0.384 e. The third-order valence-electron chi connectivity index (χ3n) is 2.94. The SMILES string of the molecule is O=P(O)(CO)O[C@H]1[C@H](OP(=O)(O)CO)C(O)NC[C@H]1OP(=O)(O)CO. The lowest BCUT2D eigenvalue weighted by Crippen LogP contribution is -2.61. The van der Waals surface area contributed by atoms with Crippen LogP contribution in [0.3, 0.4) is 0 Å². The molecule has 17 heteroatoms. The van der Waals surface area contributed by atoms with Crippen LogP contribution in [0.2, 0.25) is 0 Å². The van der Waals surface area contributed by atoms with Crippen LogP contribution in [0, 0.1) is 0 Å². The first-order valence-corrected chi connectivity index (χ1v) is 11.9. The van der Waals surface area contributed by atoms with E-state index in [0.717, 1.165) is 0 Å². The highest BCUT2D eigenvalue weighted by atomic mass is 31.2. The maximum absolute atomic E-state index is 11.6. The average molecular weight is 431 g/mol. The van der Waals surface area contributed by atoms with Crippen LogP contribution in [0.5, 0.6) is 0 Å². The van der Waals surface area contributed by atoms with Gasteiger partial charge in [-0.2, -0.15) is 0 Å². The smallest absolute Gasteiger partial charge is 0.353 e. The van der Waals surface area contributed by atoms with Crippen molar-refractivity contribution in [3.05, 3.63) is 0 Å². The van der Waals surface area contributed by atoms with Gasteiger partial charge in [0.2, 0.25) is 0 Å². The fraction of sp³-hybridized carbons (Fsp3) is 1.00. The molecule has 1 fully saturated rings. The Morgan fingerprint density at radius 3 is 1.64 bits per heavy atom. The second-order valence-corrected chi connectivity index (χ2v) is 10.3. The molecule has 0 aromatic heterocycles. The Balaban J connectivity index is 3.17. The van der Waals surface area contributed by atoms with E-state index in [1.54, 1.807) is 0 Å². The maximum atomic E-state index is 11.6. The predicted octanol–water partition coefficient (Wildman–Crippen LogP) is -2.53. The summed E-state index contributed by atoms with van der Waals surface area (Å²) in [5.41, 5.74) is 0. The van der Waals surface area contributed by atoms with Gasteiger partial charge in [0.25, 0.3) is 0 Å². The molecule has 0 radical (unpaired) electrons. The fourth-order valence-corrected chi connectivity index (χ4v) is 3.96. The van der Waals surface area contributed by atoms with Crippen LogP contribution >= 0.6 is 22.8 Å². The highest BCUT2D eigenvalue weighted by Crippen LogP contribution is 2.50. The van der Waals surface area contributed by atoms with Crippen molar-refractivity contribution in [3.63, 3.8) is 0 Å². The summed E-state index contributed by atoms with van der Waals surface area (Å²) in [5, 5.41) is 38.5. The topological polar surface area (TPSA) is 233 Å². The molecule has 1 aliphatic rings. The molecule has 0 aliphatic carbocycles. The van der Waals surface area contributed by atoms with E-state index < -0.39 is 72.9 Å². The Morgan fingerprint density at radius 2 is 1.20 bits per heavy atom. The molecule has 0 aromatic rings. The van der Waals surface area contributed by atoms with Gasteiger partial charge in [0.1, 0.15) is 43.6 Å². The van der Waals surface area contributed by atoms with E-state index in [0.29, 0.717) is 0 Å². The Bertz CT molecular complexity index is 586. The van der Waals surface area contributed by atoms with Crippen LogP contribution in [0.1, 0.15) is 0 Å². The molecule has 1 saturated heterocycles. The van der Waals surface area contributed by atoms with Crippen molar-refractivity contribution in [2.24, 2.45) is 0 Å². The van der Waals surface area contributed by atoms with E-state index in [9.17, 15) is 33.5 Å². The number of rotatable bonds is 9. The molecule has 0 spiro atoms. The van der Waals surface area contributed by atoms with Gasteiger partial charge in [0, 0.05) is 6.54 Å². The summed E-state index contributed by atoms with van der Waals surface area (Å²) in [5.74, 6) is 0. The molecule has 25 heavy (non-hydrogen) atoms. The number of hydrogen-bond acceptors (Lipinski definition) is 11. The Morgan fingerprint density at radius 1 is 0.800 bits per heavy atom. The second kappa shape index (κ2) is 8.96. The molecule has 7 atom stereocenters. The van der Waals surface area contributed by atoms with Crippen LogP contribution in [0.15, 0.2) is 0 Å². The van der Waals surface area contributed by atoms with Gasteiger partial charge in [-0.1, -0.05) is 0 Å². The molecule has 1 aliphatic heterocycles. The lowest BCUT2D eigenvalue weighted by atomic mass is 10.0. The van der Waals surface area contributed by atoms with E-state index in [4.69, 9.17) is 19.8 Å². The average Bonchev–Trinajstić information content (AvgIpc) is 2.53. The lowest BCUT2D eigenvalue weighted by molar-refractivity contribution is -0.120. The standard InChI is InChI=1S/C8H20NO13P3/c10-2-23(14,15)20-5-1-9-8(13)7(22-25(18,19)4-12)6(5)21-24(16,17)3-11/h5-13H,1-4H2,(H,14,15)(H,16,17)(H,18,19)/t5-,6-,7+,8?/m1/s1. The van der Waals surface area contributed by atoms with E-state index in [1.165, 1.54) is 0 Å². The first kappa shape index (κ1) is 23.3. The van der Waals surface area contributed by atoms with Gasteiger partial charge in [-0.15, -0.1) is 0 Å². The highest BCUT2D eigenvalue weighted by Gasteiger charge is 2.48. The van der Waals surface area contributed by atoms with Gasteiger partial charge < -0.3 is 35.1 Å². The van der Waals surface area contributed by atoms with Crippen molar-refractivity contribution in [2.45, 2.75) is 24.5 Å². The zero-order valence-electron chi connectivity index (χ0n) is 12.6. The van der Waals surface area contributed by atoms with Crippen LogP contribution in [0.25, 0.3) is 0 Å². The van der Waals surface area contributed by atoms with Gasteiger partial charge in [0.05, 0.1) is 0 Å². The Kier molecular flexibility index (Phi) is 8.35. The van der Waals surface area contributed by atoms with Crippen molar-refractivity contribution in [1.82, 2.24) is 5.32 Å². The third kappa shape index (κ3) is 7.06. The Labute approximate surface area is 141 Å². The number of nitrogens with one attached hydrogen (secondary N) is 1. The number of aliphatic hydroxyl groups excluding tert-OH is 4. The summed E-state index contributed by atoms with van der Waals surface area (Å²) >= 11 is 0. The van der Waals surface area contributed by atoms with Crippen molar-refractivity contribution in [3.8, 4) is 0 Å². The van der Waals surface area contributed by atoms with Crippen LogP contribution in [-0.2, 0) is 27.3 Å². The summed E-state index contributed by atoms with van der Waals surface area (Å²) in [4.78, 5) is 28.1. The minimum absolute atomic E-state index is 0.448. The summed E-state index contributed by atoms with van der Waals surface area (Å²) in [6, 6.07) is 0. The van der Waals surface area contributed by atoms with E-state index in [-0.39, 0.29) is 0 Å². The van der Waals surface area contributed by atoms with Crippen molar-refractivity contribution in [1.29, 1.82) is 0 Å². The van der Waals surface area contributed by atoms with Gasteiger partial charge in [-0.3, -0.25) is 32.6 Å². The van der Waals surface area contributed by atoms with Crippen LogP contribution in [0.4, 0.5) is 0 Å². The quantitative estimate of drug-likeness (QED) is 0.176. The first-order valence-electron chi connectivity index (χ1n) is 6.61. The monoisotopic (exact) mass is 431 g/mol. The fourth-order valence-electron chi connectivity index (χ4n) is 1.90. The van der Waals surface area contributed by atoms with E-state index in [2.05, 4.69) is 14.4 Å². The lowest BCUT2D eigenvalue weighted by Gasteiger charge is -2.41. The molecule has 4 unspecified atom stereocenters. The molecule has 0 bridgehead atoms. The summed E-state index contributed by atoms with van der Waals surface area (Å²) in [6.07, 6.45) is -11.2. The predicted molar refractivity (Wildman–Crippen MR) is 79.4 cm³/mol. The molecular formula is C8H20NO13P3. The minimum atomic E-state index is -4.70. The molecular weight excluding hydrogens is 411 g/mol. The molecule has 0 saturated carbocycles. The highest BCUT2D eigenvalue weighted by molar-refractivity contribution is 7.53. The van der Waals surface area contributed by atoms with Gasteiger partial charge in [0.15, 0.2) is 0 Å². The Hall–Kier alpha value is 0.250. The molecule has 1 rings (SSSR count). The van der Waals surface area contributed by atoms with Crippen molar-refractivity contribution >= 4 is 22.8 Å². The third-order valence-corrected chi connectivity index (χ3v) is 5.76. The summed E-state index contributed by atoms with van der Waals surface area (Å²) in [6.45, 7) is -0.448. The number of aliphatic hydroxyl groups is 4.